The van der Waals surface area contributed by atoms with E-state index in [9.17, 15) is 8.42 Å². The minimum absolute atomic E-state index is 0.158. The Kier molecular flexibility index (Phi) is 5.97. The highest BCUT2D eigenvalue weighted by Gasteiger charge is 2.28. The minimum Gasteiger partial charge on any atom is -0.329 e. The van der Waals surface area contributed by atoms with E-state index in [1.165, 1.54) is 12.8 Å². The summed E-state index contributed by atoms with van der Waals surface area (Å²) in [7, 11) is 0.474. The van der Waals surface area contributed by atoms with Gasteiger partial charge >= 0.3 is 0 Å². The largest absolute Gasteiger partial charge is 0.329 e. The summed E-state index contributed by atoms with van der Waals surface area (Å²) in [6.07, 6.45) is 4.46. The molecule has 0 radical (unpaired) electrons. The third-order valence-electron chi connectivity index (χ3n) is 4.26. The molecule has 5 nitrogen and oxygen atoms in total. The zero-order valence-corrected chi connectivity index (χ0v) is 14.3. The Balaban J connectivity index is 2.08. The maximum absolute atomic E-state index is 12.5. The number of sulfonamides is 1. The van der Waals surface area contributed by atoms with E-state index in [0.717, 1.165) is 24.9 Å². The van der Waals surface area contributed by atoms with E-state index < -0.39 is 10.0 Å². The van der Waals surface area contributed by atoms with Crippen LogP contribution in [-0.4, -0.2) is 40.0 Å². The number of benzene rings is 1. The van der Waals surface area contributed by atoms with Gasteiger partial charge in [-0.15, -0.1) is 0 Å². The SMILES string of the molecule is CN(C)Cc1ccc(S(=O)(=O)NC(CN)C2CCCC2)cc1. The first kappa shape index (κ1) is 17.4. The fourth-order valence-electron chi connectivity index (χ4n) is 3.10. The van der Waals surface area contributed by atoms with E-state index in [-0.39, 0.29) is 6.04 Å². The van der Waals surface area contributed by atoms with Crippen LogP contribution in [0.25, 0.3) is 0 Å². The van der Waals surface area contributed by atoms with Crippen LogP contribution in [0.2, 0.25) is 0 Å². The Labute approximate surface area is 133 Å². The van der Waals surface area contributed by atoms with Crippen LogP contribution in [0.3, 0.4) is 0 Å². The molecule has 1 atom stereocenters. The molecule has 0 amide bonds. The number of rotatable bonds is 7. The fourth-order valence-corrected chi connectivity index (χ4v) is 4.42. The van der Waals surface area contributed by atoms with Gasteiger partial charge in [0.2, 0.25) is 10.0 Å². The molecule has 0 spiro atoms. The van der Waals surface area contributed by atoms with Gasteiger partial charge in [-0.25, -0.2) is 13.1 Å². The van der Waals surface area contributed by atoms with Crippen molar-refractivity contribution in [1.82, 2.24) is 9.62 Å². The lowest BCUT2D eigenvalue weighted by Gasteiger charge is -2.23. The van der Waals surface area contributed by atoms with Crippen LogP contribution in [0.1, 0.15) is 31.2 Å². The van der Waals surface area contributed by atoms with E-state index in [4.69, 9.17) is 5.73 Å². The predicted octanol–water partition coefficient (Wildman–Crippen LogP) is 1.54. The molecule has 0 bridgehead atoms. The van der Waals surface area contributed by atoms with Crippen LogP contribution in [0, 0.1) is 5.92 Å². The quantitative estimate of drug-likeness (QED) is 0.797. The van der Waals surface area contributed by atoms with Crippen molar-refractivity contribution in [3.8, 4) is 0 Å². The molecule has 1 fully saturated rings. The van der Waals surface area contributed by atoms with Crippen LogP contribution in [-0.2, 0) is 16.6 Å². The zero-order valence-electron chi connectivity index (χ0n) is 13.5. The molecule has 1 aliphatic carbocycles. The monoisotopic (exact) mass is 325 g/mol. The Morgan fingerprint density at radius 1 is 1.23 bits per heavy atom. The normalized spacial score (nSPS) is 18.0. The van der Waals surface area contributed by atoms with Crippen LogP contribution in [0.15, 0.2) is 29.2 Å². The average Bonchev–Trinajstić information content (AvgIpc) is 2.99. The Bertz CT molecular complexity index is 564. The van der Waals surface area contributed by atoms with Crippen LogP contribution in [0.5, 0.6) is 0 Å². The lowest BCUT2D eigenvalue weighted by molar-refractivity contribution is 0.402. The molecular weight excluding hydrogens is 298 g/mol. The zero-order chi connectivity index (χ0) is 16.2. The van der Waals surface area contributed by atoms with Crippen LogP contribution < -0.4 is 10.5 Å². The summed E-state index contributed by atoms with van der Waals surface area (Å²) >= 11 is 0. The molecule has 1 aliphatic rings. The second-order valence-corrected chi connectivity index (χ2v) is 8.10. The first-order valence-corrected chi connectivity index (χ1v) is 9.37. The molecule has 2 rings (SSSR count). The number of nitrogens with two attached hydrogens (primary N) is 1. The first-order chi connectivity index (χ1) is 10.4. The Morgan fingerprint density at radius 2 is 1.82 bits per heavy atom. The third kappa shape index (κ3) is 4.52. The summed E-state index contributed by atoms with van der Waals surface area (Å²) in [5, 5.41) is 0. The fraction of sp³-hybridized carbons (Fsp3) is 0.625. The smallest absolute Gasteiger partial charge is 0.240 e. The molecule has 124 valence electrons. The molecule has 1 unspecified atom stereocenters. The van der Waals surface area contributed by atoms with Crippen molar-refractivity contribution >= 4 is 10.0 Å². The highest BCUT2D eigenvalue weighted by atomic mass is 32.2. The molecule has 3 N–H and O–H groups in total. The maximum atomic E-state index is 12.5. The maximum Gasteiger partial charge on any atom is 0.240 e. The summed E-state index contributed by atoms with van der Waals surface area (Å²) in [6, 6.07) is 6.91. The highest BCUT2D eigenvalue weighted by molar-refractivity contribution is 7.89. The minimum atomic E-state index is -3.50. The second kappa shape index (κ2) is 7.55. The van der Waals surface area contributed by atoms with Crippen molar-refractivity contribution in [3.63, 3.8) is 0 Å². The summed E-state index contributed by atoms with van der Waals surface area (Å²) < 4.78 is 27.8. The first-order valence-electron chi connectivity index (χ1n) is 7.88. The topological polar surface area (TPSA) is 75.4 Å². The van der Waals surface area contributed by atoms with Gasteiger partial charge in [0.15, 0.2) is 0 Å². The standard InChI is InChI=1S/C16H27N3O2S/c1-19(2)12-13-7-9-15(10-8-13)22(20,21)18-16(11-17)14-5-3-4-6-14/h7-10,14,16,18H,3-6,11-12,17H2,1-2H3. The van der Waals surface area contributed by atoms with Crippen molar-refractivity contribution < 1.29 is 8.42 Å². The number of hydrogen-bond acceptors (Lipinski definition) is 4. The van der Waals surface area contributed by atoms with Crippen molar-refractivity contribution in [2.45, 2.75) is 43.2 Å². The van der Waals surface area contributed by atoms with Crippen molar-refractivity contribution in [1.29, 1.82) is 0 Å². The van der Waals surface area contributed by atoms with E-state index >= 15 is 0 Å². The Morgan fingerprint density at radius 3 is 2.32 bits per heavy atom. The number of nitrogens with zero attached hydrogens (tertiary/aromatic N) is 1. The molecule has 0 heterocycles. The summed E-state index contributed by atoms with van der Waals surface area (Å²) in [5.74, 6) is 0.368. The second-order valence-electron chi connectivity index (χ2n) is 6.39. The lowest BCUT2D eigenvalue weighted by Crippen LogP contribution is -2.44. The number of nitrogens with one attached hydrogen (secondary N) is 1. The van der Waals surface area contributed by atoms with Gasteiger partial charge in [0.05, 0.1) is 4.90 Å². The summed E-state index contributed by atoms with van der Waals surface area (Å²) in [5.41, 5.74) is 6.88. The number of hydrogen-bond donors (Lipinski definition) is 2. The molecule has 6 heteroatoms. The van der Waals surface area contributed by atoms with Gasteiger partial charge in [-0.3, -0.25) is 0 Å². The van der Waals surface area contributed by atoms with Crippen molar-refractivity contribution in [3.05, 3.63) is 29.8 Å². The van der Waals surface area contributed by atoms with E-state index in [1.54, 1.807) is 12.1 Å². The molecule has 1 saturated carbocycles. The molecular formula is C16H27N3O2S. The summed E-state index contributed by atoms with van der Waals surface area (Å²) in [4.78, 5) is 2.36. The van der Waals surface area contributed by atoms with Gasteiger partial charge in [0.1, 0.15) is 0 Å². The van der Waals surface area contributed by atoms with Gasteiger partial charge in [0.25, 0.3) is 0 Å². The van der Waals surface area contributed by atoms with E-state index in [1.807, 2.05) is 31.1 Å². The van der Waals surface area contributed by atoms with Gasteiger partial charge in [0, 0.05) is 19.1 Å². The van der Waals surface area contributed by atoms with E-state index in [2.05, 4.69) is 4.72 Å². The molecule has 22 heavy (non-hydrogen) atoms. The van der Waals surface area contributed by atoms with Gasteiger partial charge in [-0.1, -0.05) is 25.0 Å². The molecule has 0 aliphatic heterocycles. The van der Waals surface area contributed by atoms with Crippen molar-refractivity contribution in [2.75, 3.05) is 20.6 Å². The molecule has 0 aromatic heterocycles. The summed E-state index contributed by atoms with van der Waals surface area (Å²) in [6.45, 7) is 1.14. The third-order valence-corrected chi connectivity index (χ3v) is 5.77. The van der Waals surface area contributed by atoms with Crippen molar-refractivity contribution in [2.24, 2.45) is 11.7 Å². The molecule has 0 saturated heterocycles. The van der Waals surface area contributed by atoms with Gasteiger partial charge in [-0.2, -0.15) is 0 Å². The van der Waals surface area contributed by atoms with Crippen LogP contribution in [0.4, 0.5) is 0 Å². The molecule has 1 aromatic rings. The highest BCUT2D eigenvalue weighted by Crippen LogP contribution is 2.28. The molecule has 1 aromatic carbocycles. The van der Waals surface area contributed by atoms with Gasteiger partial charge in [-0.05, 0) is 50.6 Å². The van der Waals surface area contributed by atoms with Crippen LogP contribution >= 0.6 is 0 Å². The average molecular weight is 325 g/mol. The lowest BCUT2D eigenvalue weighted by atomic mass is 9.99. The predicted molar refractivity (Wildman–Crippen MR) is 89.0 cm³/mol. The van der Waals surface area contributed by atoms with Gasteiger partial charge < -0.3 is 10.6 Å². The van der Waals surface area contributed by atoms with E-state index in [0.29, 0.717) is 17.4 Å². The Hall–Kier alpha value is -0.950.